The van der Waals surface area contributed by atoms with Crippen LogP contribution in [0, 0.1) is 6.92 Å². The number of H-pyrrole nitrogens is 1. The first-order valence-electron chi connectivity index (χ1n) is 7.49. The predicted octanol–water partition coefficient (Wildman–Crippen LogP) is 1.81. The Balaban J connectivity index is 1.99. The number of hydrogen-bond donors (Lipinski definition) is 1. The summed E-state index contributed by atoms with van der Waals surface area (Å²) in [6.45, 7) is 6.55. The van der Waals surface area contributed by atoms with Gasteiger partial charge in [-0.25, -0.2) is 4.98 Å². The summed E-state index contributed by atoms with van der Waals surface area (Å²) in [5, 5.41) is 6.98. The van der Waals surface area contributed by atoms with E-state index in [-0.39, 0.29) is 0 Å². The Hall–Kier alpha value is -2.21. The van der Waals surface area contributed by atoms with Crippen molar-refractivity contribution in [2.75, 3.05) is 31.7 Å². The lowest BCUT2D eigenvalue weighted by Crippen LogP contribution is -2.44. The fourth-order valence-corrected chi connectivity index (χ4v) is 2.73. The number of hydrogen-bond acceptors (Lipinski definition) is 5. The van der Waals surface area contributed by atoms with Crippen molar-refractivity contribution in [1.29, 1.82) is 0 Å². The predicted molar refractivity (Wildman–Crippen MR) is 86.8 cm³/mol. The van der Waals surface area contributed by atoms with Crippen molar-refractivity contribution in [2.24, 2.45) is 4.99 Å². The van der Waals surface area contributed by atoms with Crippen LogP contribution in [0.25, 0.3) is 0 Å². The Labute approximate surface area is 130 Å². The van der Waals surface area contributed by atoms with Crippen molar-refractivity contribution in [3.8, 4) is 0 Å². The molecule has 1 fully saturated rings. The third kappa shape index (κ3) is 2.74. The van der Waals surface area contributed by atoms with Crippen molar-refractivity contribution in [2.45, 2.75) is 19.9 Å². The van der Waals surface area contributed by atoms with Crippen molar-refractivity contribution >= 4 is 11.5 Å². The van der Waals surface area contributed by atoms with E-state index >= 15 is 0 Å². The summed E-state index contributed by atoms with van der Waals surface area (Å²) in [5.41, 5.74) is 3.70. The van der Waals surface area contributed by atoms with E-state index in [1.807, 2.05) is 6.07 Å². The molecule has 3 rings (SSSR count). The molecule has 2 aromatic heterocycles. The van der Waals surface area contributed by atoms with Crippen LogP contribution in [0.5, 0.6) is 0 Å². The molecule has 116 valence electrons. The largest absolute Gasteiger partial charge is 0.377 e. The maximum absolute atomic E-state index is 5.51. The minimum atomic E-state index is 0.325. The Bertz CT molecular complexity index is 665. The molecule has 1 N–H and O–H groups in total. The van der Waals surface area contributed by atoms with Gasteiger partial charge >= 0.3 is 0 Å². The molecule has 2 aromatic rings. The van der Waals surface area contributed by atoms with Gasteiger partial charge in [-0.2, -0.15) is 5.10 Å². The van der Waals surface area contributed by atoms with Gasteiger partial charge in [-0.15, -0.1) is 0 Å². The summed E-state index contributed by atoms with van der Waals surface area (Å²) in [6.07, 6.45) is 1.73. The lowest BCUT2D eigenvalue weighted by molar-refractivity contribution is 0.0985. The first kappa shape index (κ1) is 14.7. The van der Waals surface area contributed by atoms with Crippen molar-refractivity contribution in [1.82, 2.24) is 15.2 Å². The van der Waals surface area contributed by atoms with E-state index in [9.17, 15) is 0 Å². The normalized spacial score (nSPS) is 19.5. The highest BCUT2D eigenvalue weighted by Gasteiger charge is 2.22. The SMILES string of the molecule is CN=C(c1ccn[nH]1)c1nc(N2CCOC[C@H]2C)ccc1C. The number of nitrogens with one attached hydrogen (secondary N) is 1. The minimum Gasteiger partial charge on any atom is -0.377 e. The molecule has 1 aliphatic rings. The second-order valence-corrected chi connectivity index (χ2v) is 5.49. The zero-order valence-electron chi connectivity index (χ0n) is 13.2. The summed E-state index contributed by atoms with van der Waals surface area (Å²) in [6, 6.07) is 6.40. The first-order chi connectivity index (χ1) is 10.7. The Morgan fingerprint density at radius 1 is 1.41 bits per heavy atom. The lowest BCUT2D eigenvalue weighted by atomic mass is 10.1. The van der Waals surface area contributed by atoms with Crippen LogP contribution in [0.2, 0.25) is 0 Å². The third-order valence-corrected chi connectivity index (χ3v) is 3.95. The van der Waals surface area contributed by atoms with Crippen molar-refractivity contribution in [3.63, 3.8) is 0 Å². The summed E-state index contributed by atoms with van der Waals surface area (Å²) < 4.78 is 5.51. The molecular formula is C16H21N5O. The molecule has 0 radical (unpaired) electrons. The molecule has 1 aliphatic heterocycles. The maximum Gasteiger partial charge on any atom is 0.129 e. The highest BCUT2D eigenvalue weighted by molar-refractivity contribution is 6.11. The van der Waals surface area contributed by atoms with Crippen LogP contribution in [-0.2, 0) is 4.74 Å². The number of aryl methyl sites for hydroxylation is 1. The van der Waals surface area contributed by atoms with Crippen molar-refractivity contribution in [3.05, 3.63) is 41.3 Å². The second-order valence-electron chi connectivity index (χ2n) is 5.49. The Morgan fingerprint density at radius 2 is 2.27 bits per heavy atom. The fraction of sp³-hybridized carbons (Fsp3) is 0.438. The summed E-state index contributed by atoms with van der Waals surface area (Å²) in [4.78, 5) is 11.6. The lowest BCUT2D eigenvalue weighted by Gasteiger charge is -2.34. The standard InChI is InChI=1S/C16H21N5O/c1-11-4-5-14(21-8-9-22-10-12(21)2)19-15(11)16(17-3)13-6-7-18-20-13/h4-7,12H,8-10H2,1-3H3,(H,18,20)/t12-/m1/s1. The number of ether oxygens (including phenoxy) is 1. The van der Waals surface area contributed by atoms with Crippen LogP contribution >= 0.6 is 0 Å². The minimum absolute atomic E-state index is 0.325. The second kappa shape index (κ2) is 6.27. The monoisotopic (exact) mass is 299 g/mol. The number of nitrogens with zero attached hydrogens (tertiary/aromatic N) is 4. The number of pyridine rings is 1. The summed E-state index contributed by atoms with van der Waals surface area (Å²) >= 11 is 0. The molecule has 0 aromatic carbocycles. The first-order valence-corrected chi connectivity index (χ1v) is 7.49. The van der Waals surface area contributed by atoms with Gasteiger partial charge in [0.15, 0.2) is 0 Å². The van der Waals surface area contributed by atoms with Gasteiger partial charge in [-0.3, -0.25) is 10.1 Å². The summed E-state index contributed by atoms with van der Waals surface area (Å²) in [5.74, 6) is 0.970. The van der Waals surface area contributed by atoms with Crippen LogP contribution in [-0.4, -0.2) is 53.7 Å². The van der Waals surface area contributed by atoms with E-state index in [4.69, 9.17) is 9.72 Å². The molecule has 0 aliphatic carbocycles. The number of aromatic nitrogens is 3. The third-order valence-electron chi connectivity index (χ3n) is 3.95. The molecular weight excluding hydrogens is 278 g/mol. The zero-order valence-corrected chi connectivity index (χ0v) is 13.2. The molecule has 0 saturated carbocycles. The molecule has 6 heteroatoms. The topological polar surface area (TPSA) is 66.4 Å². The molecule has 0 spiro atoms. The summed E-state index contributed by atoms with van der Waals surface area (Å²) in [7, 11) is 1.78. The van der Waals surface area contributed by atoms with Gasteiger partial charge < -0.3 is 9.64 Å². The smallest absolute Gasteiger partial charge is 0.129 e. The van der Waals surface area contributed by atoms with Crippen LogP contribution in [0.1, 0.15) is 23.9 Å². The van der Waals surface area contributed by atoms with Gasteiger partial charge in [0.25, 0.3) is 0 Å². The van der Waals surface area contributed by atoms with E-state index in [1.165, 1.54) is 0 Å². The van der Waals surface area contributed by atoms with Gasteiger partial charge in [0.1, 0.15) is 11.5 Å². The average molecular weight is 299 g/mol. The van der Waals surface area contributed by atoms with Gasteiger partial charge in [0.2, 0.25) is 0 Å². The number of rotatable bonds is 3. The molecule has 6 nitrogen and oxygen atoms in total. The van der Waals surface area contributed by atoms with Gasteiger partial charge in [-0.05, 0) is 31.5 Å². The maximum atomic E-state index is 5.51. The highest BCUT2D eigenvalue weighted by atomic mass is 16.5. The molecule has 0 amide bonds. The molecule has 0 bridgehead atoms. The number of aromatic amines is 1. The number of aliphatic imine (C=N–C) groups is 1. The number of morpholine rings is 1. The van der Waals surface area contributed by atoms with E-state index in [1.54, 1.807) is 13.2 Å². The molecule has 1 atom stereocenters. The Kier molecular flexibility index (Phi) is 4.20. The van der Waals surface area contributed by atoms with E-state index < -0.39 is 0 Å². The fourth-order valence-electron chi connectivity index (χ4n) is 2.73. The Morgan fingerprint density at radius 3 is 2.95 bits per heavy atom. The van der Waals surface area contributed by atoms with Crippen LogP contribution in [0.15, 0.2) is 29.4 Å². The van der Waals surface area contributed by atoms with Gasteiger partial charge in [0, 0.05) is 19.8 Å². The highest BCUT2D eigenvalue weighted by Crippen LogP contribution is 2.21. The van der Waals surface area contributed by atoms with E-state index in [0.29, 0.717) is 6.04 Å². The number of anilines is 1. The molecule has 22 heavy (non-hydrogen) atoms. The van der Waals surface area contributed by atoms with Crippen LogP contribution in [0.4, 0.5) is 5.82 Å². The van der Waals surface area contributed by atoms with Crippen LogP contribution in [0.3, 0.4) is 0 Å². The molecule has 1 saturated heterocycles. The van der Waals surface area contributed by atoms with Gasteiger partial charge in [-0.1, -0.05) is 6.07 Å². The average Bonchev–Trinajstić information content (AvgIpc) is 3.05. The van der Waals surface area contributed by atoms with E-state index in [2.05, 4.69) is 46.1 Å². The molecule has 3 heterocycles. The van der Waals surface area contributed by atoms with Crippen molar-refractivity contribution < 1.29 is 4.74 Å². The van der Waals surface area contributed by atoms with Gasteiger partial charge in [0.05, 0.1) is 30.6 Å². The van der Waals surface area contributed by atoms with Crippen LogP contribution < -0.4 is 4.90 Å². The quantitative estimate of drug-likeness (QED) is 0.878. The van der Waals surface area contributed by atoms with E-state index in [0.717, 1.165) is 48.2 Å². The zero-order chi connectivity index (χ0) is 15.5. The molecule has 0 unspecified atom stereocenters.